The van der Waals surface area contributed by atoms with E-state index >= 15 is 0 Å². The van der Waals surface area contributed by atoms with E-state index < -0.39 is 0 Å². The van der Waals surface area contributed by atoms with Crippen LogP contribution in [0.25, 0.3) is 0 Å². The molecule has 1 atom stereocenters. The van der Waals surface area contributed by atoms with Gasteiger partial charge in [-0.3, -0.25) is 4.90 Å². The fraction of sp³-hybridized carbons (Fsp3) is 0.750. The van der Waals surface area contributed by atoms with E-state index in [1.54, 1.807) is 0 Å². The van der Waals surface area contributed by atoms with Crippen LogP contribution in [0.1, 0.15) is 18.7 Å². The lowest BCUT2D eigenvalue weighted by Crippen LogP contribution is -2.31. The number of aliphatic hydroxyl groups excluding tert-OH is 1. The zero-order valence-corrected chi connectivity index (χ0v) is 7.39. The van der Waals surface area contributed by atoms with Crippen LogP contribution in [0.5, 0.6) is 0 Å². The molecule has 0 radical (unpaired) electrons. The minimum Gasteiger partial charge on any atom is -0.395 e. The van der Waals surface area contributed by atoms with Crippen LogP contribution in [-0.4, -0.2) is 39.3 Å². The van der Waals surface area contributed by atoms with Crippen LogP contribution < -0.4 is 0 Å². The van der Waals surface area contributed by atoms with E-state index in [4.69, 9.17) is 5.11 Å². The third-order valence-electron chi connectivity index (χ3n) is 2.46. The Labute approximate surface area is 76.4 Å². The molecule has 0 bridgehead atoms. The summed E-state index contributed by atoms with van der Waals surface area (Å²) >= 11 is 0. The average Bonchev–Trinajstić information content (AvgIpc) is 2.76. The van der Waals surface area contributed by atoms with E-state index in [0.717, 1.165) is 19.4 Å². The molecule has 1 aromatic heterocycles. The van der Waals surface area contributed by atoms with Gasteiger partial charge in [0.15, 0.2) is 5.82 Å². The Morgan fingerprint density at radius 2 is 2.62 bits per heavy atom. The van der Waals surface area contributed by atoms with Crippen molar-refractivity contribution >= 4 is 0 Å². The number of rotatable bonds is 3. The number of hydrogen-bond donors (Lipinski definition) is 1. The molecule has 2 rings (SSSR count). The zero-order chi connectivity index (χ0) is 9.10. The highest BCUT2D eigenvalue weighted by Gasteiger charge is 2.24. The van der Waals surface area contributed by atoms with Gasteiger partial charge in [-0.15, -0.1) is 0 Å². The molecule has 72 valence electrons. The van der Waals surface area contributed by atoms with Crippen molar-refractivity contribution in [1.29, 1.82) is 0 Å². The first-order chi connectivity index (χ1) is 6.40. The lowest BCUT2D eigenvalue weighted by Gasteiger charge is -2.20. The summed E-state index contributed by atoms with van der Waals surface area (Å²) in [4.78, 5) is 6.13. The first-order valence-corrected chi connectivity index (χ1v) is 4.50. The van der Waals surface area contributed by atoms with Gasteiger partial charge in [-0.05, 0) is 19.4 Å². The molecule has 1 aromatic rings. The highest BCUT2D eigenvalue weighted by molar-refractivity contribution is 4.85. The van der Waals surface area contributed by atoms with E-state index in [-0.39, 0.29) is 12.6 Å². The molecular formula is C8H13N3O2. The Morgan fingerprint density at radius 3 is 3.31 bits per heavy atom. The Bertz CT molecular complexity index is 250. The Morgan fingerprint density at radius 1 is 1.69 bits per heavy atom. The van der Waals surface area contributed by atoms with Crippen molar-refractivity contribution in [1.82, 2.24) is 15.0 Å². The van der Waals surface area contributed by atoms with Gasteiger partial charge in [-0.1, -0.05) is 5.16 Å². The molecule has 1 aliphatic heterocycles. The third-order valence-corrected chi connectivity index (χ3v) is 2.46. The maximum Gasteiger partial charge on any atom is 0.213 e. The van der Waals surface area contributed by atoms with Crippen LogP contribution in [0.15, 0.2) is 10.9 Å². The van der Waals surface area contributed by atoms with Crippen LogP contribution in [0.2, 0.25) is 0 Å². The van der Waals surface area contributed by atoms with Crippen molar-refractivity contribution < 1.29 is 9.63 Å². The fourth-order valence-corrected chi connectivity index (χ4v) is 1.75. The molecular weight excluding hydrogens is 170 g/mol. The van der Waals surface area contributed by atoms with Gasteiger partial charge in [0, 0.05) is 6.04 Å². The monoisotopic (exact) mass is 183 g/mol. The largest absolute Gasteiger partial charge is 0.395 e. The fourth-order valence-electron chi connectivity index (χ4n) is 1.75. The van der Waals surface area contributed by atoms with E-state index in [0.29, 0.717) is 12.4 Å². The van der Waals surface area contributed by atoms with Crippen LogP contribution >= 0.6 is 0 Å². The van der Waals surface area contributed by atoms with Crippen LogP contribution in [0.3, 0.4) is 0 Å². The van der Waals surface area contributed by atoms with Crippen molar-refractivity contribution in [2.24, 2.45) is 0 Å². The molecule has 2 heterocycles. The zero-order valence-electron chi connectivity index (χ0n) is 7.39. The average molecular weight is 183 g/mol. The lowest BCUT2D eigenvalue weighted by atomic mass is 10.2. The molecule has 1 unspecified atom stereocenters. The number of nitrogens with zero attached hydrogens (tertiary/aromatic N) is 3. The summed E-state index contributed by atoms with van der Waals surface area (Å²) in [7, 11) is 0. The van der Waals surface area contributed by atoms with Crippen molar-refractivity contribution in [2.45, 2.75) is 25.4 Å². The summed E-state index contributed by atoms with van der Waals surface area (Å²) in [5, 5.41) is 12.8. The molecule has 0 saturated carbocycles. The standard InChI is InChI=1S/C8H13N3O2/c12-5-7-2-1-3-11(7)4-8-9-6-13-10-8/h6-7,12H,1-5H2. The second-order valence-electron chi connectivity index (χ2n) is 3.30. The number of aliphatic hydroxyl groups is 1. The molecule has 1 aliphatic rings. The molecule has 13 heavy (non-hydrogen) atoms. The first-order valence-electron chi connectivity index (χ1n) is 4.50. The molecule has 0 aromatic carbocycles. The predicted molar refractivity (Wildman–Crippen MR) is 44.8 cm³/mol. The molecule has 1 N–H and O–H groups in total. The summed E-state index contributed by atoms with van der Waals surface area (Å²) in [6.07, 6.45) is 3.54. The van der Waals surface area contributed by atoms with Crippen molar-refractivity contribution in [3.8, 4) is 0 Å². The topological polar surface area (TPSA) is 62.4 Å². The van der Waals surface area contributed by atoms with Gasteiger partial charge in [0.1, 0.15) is 0 Å². The molecule has 0 amide bonds. The van der Waals surface area contributed by atoms with Gasteiger partial charge in [0.25, 0.3) is 0 Å². The summed E-state index contributed by atoms with van der Waals surface area (Å²) in [5.41, 5.74) is 0. The molecule has 0 spiro atoms. The van der Waals surface area contributed by atoms with E-state index in [1.807, 2.05) is 0 Å². The highest BCUT2D eigenvalue weighted by Crippen LogP contribution is 2.17. The maximum atomic E-state index is 9.06. The van der Waals surface area contributed by atoms with E-state index in [1.165, 1.54) is 6.39 Å². The highest BCUT2D eigenvalue weighted by atomic mass is 16.5. The predicted octanol–water partition coefficient (Wildman–Crippen LogP) is 0.0263. The molecule has 5 nitrogen and oxygen atoms in total. The second kappa shape index (κ2) is 3.85. The van der Waals surface area contributed by atoms with Crippen molar-refractivity contribution in [2.75, 3.05) is 13.2 Å². The van der Waals surface area contributed by atoms with Gasteiger partial charge in [-0.25, -0.2) is 0 Å². The van der Waals surface area contributed by atoms with Gasteiger partial charge in [0.05, 0.1) is 13.2 Å². The molecule has 5 heteroatoms. The summed E-state index contributed by atoms with van der Waals surface area (Å²) in [5.74, 6) is 0.695. The summed E-state index contributed by atoms with van der Waals surface area (Å²) in [6, 6.07) is 0.276. The number of likely N-dealkylation sites (tertiary alicyclic amines) is 1. The normalized spacial score (nSPS) is 23.9. The Kier molecular flexibility index (Phi) is 2.56. The van der Waals surface area contributed by atoms with Crippen molar-refractivity contribution in [3.05, 3.63) is 12.2 Å². The minimum atomic E-state index is 0.220. The van der Waals surface area contributed by atoms with E-state index in [9.17, 15) is 0 Å². The first kappa shape index (κ1) is 8.65. The SMILES string of the molecule is OCC1CCCN1Cc1ncon1. The third kappa shape index (κ3) is 1.87. The van der Waals surface area contributed by atoms with Gasteiger partial charge < -0.3 is 9.63 Å². The van der Waals surface area contributed by atoms with Crippen LogP contribution in [0, 0.1) is 0 Å². The van der Waals surface area contributed by atoms with Gasteiger partial charge in [-0.2, -0.15) is 4.98 Å². The second-order valence-corrected chi connectivity index (χ2v) is 3.30. The summed E-state index contributed by atoms with van der Waals surface area (Å²) < 4.78 is 4.64. The molecule has 1 fully saturated rings. The van der Waals surface area contributed by atoms with E-state index in [2.05, 4.69) is 19.6 Å². The summed E-state index contributed by atoms with van der Waals surface area (Å²) in [6.45, 7) is 1.92. The Hall–Kier alpha value is -0.940. The van der Waals surface area contributed by atoms with Crippen LogP contribution in [0.4, 0.5) is 0 Å². The molecule has 0 aliphatic carbocycles. The number of aromatic nitrogens is 2. The smallest absolute Gasteiger partial charge is 0.213 e. The maximum absolute atomic E-state index is 9.06. The molecule has 1 saturated heterocycles. The quantitative estimate of drug-likeness (QED) is 0.716. The van der Waals surface area contributed by atoms with Crippen molar-refractivity contribution in [3.63, 3.8) is 0 Å². The van der Waals surface area contributed by atoms with Crippen LogP contribution in [-0.2, 0) is 6.54 Å². The number of hydrogen-bond acceptors (Lipinski definition) is 5. The Balaban J connectivity index is 1.94. The van der Waals surface area contributed by atoms with Gasteiger partial charge >= 0.3 is 0 Å². The lowest BCUT2D eigenvalue weighted by molar-refractivity contribution is 0.150. The van der Waals surface area contributed by atoms with Gasteiger partial charge in [0.2, 0.25) is 6.39 Å². The minimum absolute atomic E-state index is 0.220.